The first-order valence-corrected chi connectivity index (χ1v) is 7.21. The summed E-state index contributed by atoms with van der Waals surface area (Å²) in [5.74, 6) is 0.350. The molecule has 2 aliphatic rings. The van der Waals surface area contributed by atoms with Gasteiger partial charge < -0.3 is 16.0 Å². The predicted molar refractivity (Wildman–Crippen MR) is 72.5 cm³/mol. The molecule has 3 N–H and O–H groups in total. The summed E-state index contributed by atoms with van der Waals surface area (Å²) in [6, 6.07) is 3.31. The van der Waals surface area contributed by atoms with E-state index in [0.29, 0.717) is 17.4 Å². The predicted octanol–water partition coefficient (Wildman–Crippen LogP) is 1.64. The van der Waals surface area contributed by atoms with Crippen molar-refractivity contribution < 1.29 is 0 Å². The van der Waals surface area contributed by atoms with Crippen LogP contribution in [0, 0.1) is 11.3 Å². The van der Waals surface area contributed by atoms with Crippen LogP contribution in [0.5, 0.6) is 0 Å². The Morgan fingerprint density at radius 3 is 3.17 bits per heavy atom. The molecule has 1 aromatic rings. The molecule has 2 unspecified atom stereocenters. The minimum absolute atomic E-state index is 0.350. The van der Waals surface area contributed by atoms with Gasteiger partial charge in [0.05, 0.1) is 0 Å². The lowest BCUT2D eigenvalue weighted by Gasteiger charge is -2.35. The summed E-state index contributed by atoms with van der Waals surface area (Å²) >= 11 is 1.30. The van der Waals surface area contributed by atoms with E-state index in [1.165, 1.54) is 43.9 Å². The molecule has 0 radical (unpaired) electrons. The van der Waals surface area contributed by atoms with Crippen LogP contribution in [0.2, 0.25) is 0 Å². The van der Waals surface area contributed by atoms with Gasteiger partial charge in [-0.3, -0.25) is 0 Å². The monoisotopic (exact) mass is 263 g/mol. The summed E-state index contributed by atoms with van der Waals surface area (Å²) < 4.78 is 4.04. The molecule has 6 heteroatoms. The average Bonchev–Trinajstić information content (AvgIpc) is 2.96. The standard InChI is InChI=1S/C12H17N5S/c13-7-10-11(14)16-18-12(10)15-8-3-5-17-4-1-2-9(17)6-8/h8-9,15H,1-6H2,(H2,14,16). The summed E-state index contributed by atoms with van der Waals surface area (Å²) in [6.45, 7) is 2.42. The Labute approximate surface area is 111 Å². The molecule has 3 rings (SSSR count). The molecule has 2 fully saturated rings. The van der Waals surface area contributed by atoms with Crippen LogP contribution in [0.3, 0.4) is 0 Å². The number of piperidine rings is 1. The summed E-state index contributed by atoms with van der Waals surface area (Å²) in [5.41, 5.74) is 6.18. The SMILES string of the molecule is N#Cc1c(N)nsc1NC1CCN2CCCC2C1. The van der Waals surface area contributed by atoms with Crippen LogP contribution in [0.1, 0.15) is 31.2 Å². The molecular formula is C12H17N5S. The summed E-state index contributed by atoms with van der Waals surface area (Å²) in [7, 11) is 0. The number of hydrogen-bond acceptors (Lipinski definition) is 6. The van der Waals surface area contributed by atoms with Gasteiger partial charge in [-0.05, 0) is 43.8 Å². The van der Waals surface area contributed by atoms with Crippen LogP contribution in [-0.4, -0.2) is 34.4 Å². The lowest BCUT2D eigenvalue weighted by Crippen LogP contribution is -2.42. The maximum absolute atomic E-state index is 9.06. The van der Waals surface area contributed by atoms with Gasteiger partial charge in [0, 0.05) is 18.6 Å². The van der Waals surface area contributed by atoms with Gasteiger partial charge in [-0.25, -0.2) is 0 Å². The zero-order chi connectivity index (χ0) is 12.5. The van der Waals surface area contributed by atoms with E-state index in [4.69, 9.17) is 11.0 Å². The topological polar surface area (TPSA) is 78.0 Å². The van der Waals surface area contributed by atoms with E-state index in [2.05, 4.69) is 20.7 Å². The number of hydrogen-bond donors (Lipinski definition) is 2. The van der Waals surface area contributed by atoms with Crippen molar-refractivity contribution in [2.45, 2.75) is 37.8 Å². The number of nitriles is 1. The van der Waals surface area contributed by atoms with E-state index >= 15 is 0 Å². The normalized spacial score (nSPS) is 27.7. The Hall–Kier alpha value is -1.32. The van der Waals surface area contributed by atoms with Crippen molar-refractivity contribution in [3.8, 4) is 6.07 Å². The fraction of sp³-hybridized carbons (Fsp3) is 0.667. The quantitative estimate of drug-likeness (QED) is 0.848. The molecule has 0 bridgehead atoms. The zero-order valence-corrected chi connectivity index (χ0v) is 11.0. The van der Waals surface area contributed by atoms with E-state index in [1.54, 1.807) is 0 Å². The van der Waals surface area contributed by atoms with Gasteiger partial charge in [-0.2, -0.15) is 9.64 Å². The molecule has 96 valence electrons. The Kier molecular flexibility index (Phi) is 3.10. The van der Waals surface area contributed by atoms with E-state index in [9.17, 15) is 0 Å². The van der Waals surface area contributed by atoms with Crippen LogP contribution >= 0.6 is 11.5 Å². The minimum Gasteiger partial charge on any atom is -0.382 e. The number of nitrogen functional groups attached to an aromatic ring is 1. The Balaban J connectivity index is 1.68. The molecule has 3 heterocycles. The third-order valence-electron chi connectivity index (χ3n) is 3.99. The molecule has 2 aliphatic heterocycles. The van der Waals surface area contributed by atoms with Crippen molar-refractivity contribution in [1.82, 2.24) is 9.27 Å². The van der Waals surface area contributed by atoms with Gasteiger partial charge in [-0.15, -0.1) is 0 Å². The molecule has 18 heavy (non-hydrogen) atoms. The zero-order valence-electron chi connectivity index (χ0n) is 10.2. The first kappa shape index (κ1) is 11.8. The van der Waals surface area contributed by atoms with Gasteiger partial charge in [0.15, 0.2) is 5.82 Å². The highest BCUT2D eigenvalue weighted by molar-refractivity contribution is 7.10. The summed E-state index contributed by atoms with van der Waals surface area (Å²) in [6.07, 6.45) is 4.95. The highest BCUT2D eigenvalue weighted by atomic mass is 32.1. The molecule has 0 spiro atoms. The van der Waals surface area contributed by atoms with E-state index in [1.807, 2.05) is 0 Å². The summed E-state index contributed by atoms with van der Waals surface area (Å²) in [4.78, 5) is 2.59. The first-order valence-electron chi connectivity index (χ1n) is 6.43. The highest BCUT2D eigenvalue weighted by Crippen LogP contribution is 2.31. The Bertz CT molecular complexity index is 477. The third kappa shape index (κ3) is 2.04. The Morgan fingerprint density at radius 1 is 1.44 bits per heavy atom. The minimum atomic E-state index is 0.350. The molecule has 0 amide bonds. The van der Waals surface area contributed by atoms with Crippen molar-refractivity contribution in [2.24, 2.45) is 0 Å². The van der Waals surface area contributed by atoms with Crippen LogP contribution in [0.25, 0.3) is 0 Å². The molecule has 2 saturated heterocycles. The smallest absolute Gasteiger partial charge is 0.157 e. The van der Waals surface area contributed by atoms with Crippen molar-refractivity contribution in [2.75, 3.05) is 24.1 Å². The van der Waals surface area contributed by atoms with Crippen LogP contribution < -0.4 is 11.1 Å². The van der Waals surface area contributed by atoms with Gasteiger partial charge >= 0.3 is 0 Å². The molecule has 0 saturated carbocycles. The van der Waals surface area contributed by atoms with Gasteiger partial charge in [0.2, 0.25) is 0 Å². The molecule has 1 aromatic heterocycles. The van der Waals surface area contributed by atoms with E-state index < -0.39 is 0 Å². The highest BCUT2D eigenvalue weighted by Gasteiger charge is 2.32. The van der Waals surface area contributed by atoms with Gasteiger partial charge in [-0.1, -0.05) is 0 Å². The first-order chi connectivity index (χ1) is 8.78. The third-order valence-corrected chi connectivity index (χ3v) is 4.78. The van der Waals surface area contributed by atoms with Crippen LogP contribution in [0.15, 0.2) is 0 Å². The van der Waals surface area contributed by atoms with Crippen molar-refractivity contribution in [3.63, 3.8) is 0 Å². The second-order valence-corrected chi connectivity index (χ2v) is 5.85. The lowest BCUT2D eigenvalue weighted by molar-refractivity contribution is 0.188. The van der Waals surface area contributed by atoms with Crippen molar-refractivity contribution in [3.05, 3.63) is 5.56 Å². The van der Waals surface area contributed by atoms with Crippen molar-refractivity contribution >= 4 is 22.4 Å². The van der Waals surface area contributed by atoms with Crippen LogP contribution in [0.4, 0.5) is 10.8 Å². The lowest BCUT2D eigenvalue weighted by atomic mass is 9.97. The second kappa shape index (κ2) is 4.75. The number of aromatic nitrogens is 1. The molecule has 0 aromatic carbocycles. The van der Waals surface area contributed by atoms with E-state index in [-0.39, 0.29) is 0 Å². The fourth-order valence-corrected chi connectivity index (χ4v) is 3.79. The number of nitrogens with two attached hydrogens (primary N) is 1. The van der Waals surface area contributed by atoms with Gasteiger partial charge in [0.1, 0.15) is 16.6 Å². The Morgan fingerprint density at radius 2 is 2.33 bits per heavy atom. The number of nitrogens with zero attached hydrogens (tertiary/aromatic N) is 3. The molecule has 0 aliphatic carbocycles. The number of anilines is 2. The van der Waals surface area contributed by atoms with E-state index in [0.717, 1.165) is 17.5 Å². The maximum Gasteiger partial charge on any atom is 0.157 e. The van der Waals surface area contributed by atoms with Crippen molar-refractivity contribution in [1.29, 1.82) is 5.26 Å². The number of rotatable bonds is 2. The van der Waals surface area contributed by atoms with Crippen LogP contribution in [-0.2, 0) is 0 Å². The number of fused-ring (bicyclic) bond motifs is 1. The fourth-order valence-electron chi connectivity index (χ4n) is 3.05. The molecule has 2 atom stereocenters. The molecular weight excluding hydrogens is 246 g/mol. The maximum atomic E-state index is 9.06. The second-order valence-electron chi connectivity index (χ2n) is 5.08. The average molecular weight is 263 g/mol. The van der Waals surface area contributed by atoms with Gasteiger partial charge in [0.25, 0.3) is 0 Å². The molecule has 5 nitrogen and oxygen atoms in total. The number of nitrogens with one attached hydrogen (secondary N) is 1. The largest absolute Gasteiger partial charge is 0.382 e. The summed E-state index contributed by atoms with van der Waals surface area (Å²) in [5, 5.41) is 13.4.